The molecule has 0 bridgehead atoms. The van der Waals surface area contributed by atoms with Gasteiger partial charge >= 0.3 is 0 Å². The minimum absolute atomic E-state index is 0.0269. The minimum Gasteiger partial charge on any atom is -0.398 e. The molecule has 0 atom stereocenters. The summed E-state index contributed by atoms with van der Waals surface area (Å²) in [5.41, 5.74) is 6.56. The topological polar surface area (TPSA) is 85.1 Å². The third-order valence-corrected chi connectivity index (χ3v) is 5.06. The molecule has 1 aromatic heterocycles. The summed E-state index contributed by atoms with van der Waals surface area (Å²) in [6.07, 6.45) is 0. The highest BCUT2D eigenvalue weighted by Crippen LogP contribution is 2.24. The van der Waals surface area contributed by atoms with Gasteiger partial charge in [0.05, 0.1) is 21.3 Å². The number of nitrogens with one attached hydrogen (secondary N) is 1. The van der Waals surface area contributed by atoms with Crippen molar-refractivity contribution in [3.63, 3.8) is 0 Å². The second-order valence-electron chi connectivity index (χ2n) is 4.05. The van der Waals surface area contributed by atoms with E-state index in [1.807, 2.05) is 0 Å². The molecule has 0 fully saturated rings. The van der Waals surface area contributed by atoms with E-state index >= 15 is 0 Å². The van der Waals surface area contributed by atoms with Gasteiger partial charge in [0.1, 0.15) is 5.82 Å². The second-order valence-corrected chi connectivity index (χ2v) is 7.00. The fraction of sp³-hybridized carbons (Fsp3) is 0.0833. The van der Waals surface area contributed by atoms with Crippen molar-refractivity contribution in [3.8, 4) is 0 Å². The van der Waals surface area contributed by atoms with E-state index in [-0.39, 0.29) is 15.7 Å². The molecule has 0 unspecified atom stereocenters. The van der Waals surface area contributed by atoms with E-state index in [9.17, 15) is 8.42 Å². The number of nitrogens with two attached hydrogens (primary N) is 1. The maximum atomic E-state index is 12.2. The highest BCUT2D eigenvalue weighted by molar-refractivity contribution is 9.10. The Labute approximate surface area is 130 Å². The van der Waals surface area contributed by atoms with Crippen LogP contribution in [-0.4, -0.2) is 13.4 Å². The van der Waals surface area contributed by atoms with Crippen LogP contribution in [0.5, 0.6) is 0 Å². The summed E-state index contributed by atoms with van der Waals surface area (Å²) in [5.74, 6) is 0.235. The summed E-state index contributed by atoms with van der Waals surface area (Å²) >= 11 is 9.13. The Bertz CT molecular complexity index is 765. The van der Waals surface area contributed by atoms with Gasteiger partial charge in [-0.1, -0.05) is 11.6 Å². The number of halogens is 2. The third kappa shape index (κ3) is 3.23. The Morgan fingerprint density at radius 2 is 2.00 bits per heavy atom. The molecule has 20 heavy (non-hydrogen) atoms. The second kappa shape index (κ2) is 5.59. The summed E-state index contributed by atoms with van der Waals surface area (Å²) in [7, 11) is -3.75. The minimum atomic E-state index is -3.75. The van der Waals surface area contributed by atoms with Gasteiger partial charge in [-0.2, -0.15) is 0 Å². The van der Waals surface area contributed by atoms with Crippen molar-refractivity contribution in [3.05, 3.63) is 45.5 Å². The van der Waals surface area contributed by atoms with E-state index in [0.29, 0.717) is 11.4 Å². The Kier molecular flexibility index (Phi) is 4.22. The fourth-order valence-corrected chi connectivity index (χ4v) is 2.97. The van der Waals surface area contributed by atoms with Crippen LogP contribution in [-0.2, 0) is 10.0 Å². The molecule has 0 spiro atoms. The van der Waals surface area contributed by atoms with E-state index in [1.165, 1.54) is 18.2 Å². The average molecular weight is 377 g/mol. The largest absolute Gasteiger partial charge is 0.398 e. The highest BCUT2D eigenvalue weighted by Gasteiger charge is 2.16. The lowest BCUT2D eigenvalue weighted by molar-refractivity contribution is 0.601. The standard InChI is InChI=1S/C12H11BrClN3O2S/c1-7-9(13)3-5-12(16-7)17-20(18,19)8-2-4-11(15)10(14)6-8/h2-6H,15H2,1H3,(H,16,17). The molecule has 2 aromatic rings. The van der Waals surface area contributed by atoms with Crippen LogP contribution in [0.2, 0.25) is 5.02 Å². The van der Waals surface area contributed by atoms with Crippen molar-refractivity contribution >= 4 is 49.1 Å². The number of pyridine rings is 1. The molecule has 0 aliphatic heterocycles. The summed E-state index contributed by atoms with van der Waals surface area (Å²) in [4.78, 5) is 4.16. The molecule has 1 aromatic carbocycles. The number of nitrogens with zero attached hydrogens (tertiary/aromatic N) is 1. The van der Waals surface area contributed by atoms with E-state index in [1.54, 1.807) is 19.1 Å². The van der Waals surface area contributed by atoms with E-state index in [0.717, 1.165) is 4.47 Å². The molecule has 3 N–H and O–H groups in total. The van der Waals surface area contributed by atoms with Crippen LogP contribution in [0.15, 0.2) is 39.7 Å². The first-order valence-corrected chi connectivity index (χ1v) is 8.16. The first kappa shape index (κ1) is 15.1. The summed E-state index contributed by atoms with van der Waals surface area (Å²) in [6, 6.07) is 7.40. The van der Waals surface area contributed by atoms with E-state index in [2.05, 4.69) is 25.6 Å². The van der Waals surface area contributed by atoms with Gasteiger partial charge in [-0.3, -0.25) is 4.72 Å². The molecule has 0 saturated carbocycles. The number of hydrogen-bond donors (Lipinski definition) is 2. The smallest absolute Gasteiger partial charge is 0.263 e. The quantitative estimate of drug-likeness (QED) is 0.806. The third-order valence-electron chi connectivity index (χ3n) is 2.54. The van der Waals surface area contributed by atoms with Crippen molar-refractivity contribution in [2.75, 3.05) is 10.5 Å². The Hall–Kier alpha value is -1.31. The SMILES string of the molecule is Cc1nc(NS(=O)(=O)c2ccc(N)c(Cl)c2)ccc1Br. The number of aryl methyl sites for hydroxylation is 1. The molecule has 1 heterocycles. The number of benzene rings is 1. The van der Waals surface area contributed by atoms with Gasteiger partial charge in [-0.25, -0.2) is 13.4 Å². The molecule has 8 heteroatoms. The lowest BCUT2D eigenvalue weighted by Crippen LogP contribution is -2.14. The van der Waals surface area contributed by atoms with Gasteiger partial charge in [0.15, 0.2) is 0 Å². The molecular weight excluding hydrogens is 366 g/mol. The molecule has 106 valence electrons. The van der Waals surface area contributed by atoms with E-state index < -0.39 is 10.0 Å². The van der Waals surface area contributed by atoms with Crippen molar-refractivity contribution < 1.29 is 8.42 Å². The fourth-order valence-electron chi connectivity index (χ4n) is 1.47. The molecule has 0 radical (unpaired) electrons. The lowest BCUT2D eigenvalue weighted by Gasteiger charge is -2.09. The van der Waals surface area contributed by atoms with Gasteiger partial charge in [-0.15, -0.1) is 0 Å². The number of anilines is 2. The van der Waals surface area contributed by atoms with Gasteiger partial charge < -0.3 is 5.73 Å². The van der Waals surface area contributed by atoms with E-state index in [4.69, 9.17) is 17.3 Å². The zero-order valence-corrected chi connectivity index (χ0v) is 13.6. The van der Waals surface area contributed by atoms with Crippen molar-refractivity contribution in [1.82, 2.24) is 4.98 Å². The molecule has 0 amide bonds. The first-order chi connectivity index (χ1) is 9.29. The van der Waals surface area contributed by atoms with Gasteiger partial charge in [0.25, 0.3) is 10.0 Å². The number of sulfonamides is 1. The van der Waals surface area contributed by atoms with Crippen molar-refractivity contribution in [2.24, 2.45) is 0 Å². The first-order valence-electron chi connectivity index (χ1n) is 5.50. The Morgan fingerprint density at radius 3 is 2.60 bits per heavy atom. The normalized spacial score (nSPS) is 11.3. The van der Waals surface area contributed by atoms with Crippen molar-refractivity contribution in [2.45, 2.75) is 11.8 Å². The lowest BCUT2D eigenvalue weighted by atomic mass is 10.3. The maximum Gasteiger partial charge on any atom is 0.263 e. The van der Waals surface area contributed by atoms with Crippen LogP contribution < -0.4 is 10.5 Å². The highest BCUT2D eigenvalue weighted by atomic mass is 79.9. The molecule has 0 aliphatic carbocycles. The van der Waals surface area contributed by atoms with Crippen LogP contribution in [0.1, 0.15) is 5.69 Å². The molecule has 5 nitrogen and oxygen atoms in total. The number of hydrogen-bond acceptors (Lipinski definition) is 4. The predicted molar refractivity (Wildman–Crippen MR) is 83.3 cm³/mol. The average Bonchev–Trinajstić information content (AvgIpc) is 2.37. The zero-order valence-electron chi connectivity index (χ0n) is 10.4. The maximum absolute atomic E-state index is 12.2. The van der Waals surface area contributed by atoms with Gasteiger partial charge in [0.2, 0.25) is 0 Å². The summed E-state index contributed by atoms with van der Waals surface area (Å²) in [5, 5.41) is 0.188. The molecule has 0 saturated heterocycles. The van der Waals surface area contributed by atoms with Gasteiger partial charge in [-0.05, 0) is 53.2 Å². The van der Waals surface area contributed by atoms with Crippen molar-refractivity contribution in [1.29, 1.82) is 0 Å². The number of nitrogen functional groups attached to an aromatic ring is 1. The monoisotopic (exact) mass is 375 g/mol. The summed E-state index contributed by atoms with van der Waals surface area (Å²) in [6.45, 7) is 1.77. The predicted octanol–water partition coefficient (Wildman–Crippen LogP) is 3.19. The molecule has 0 aliphatic rings. The van der Waals surface area contributed by atoms with Crippen LogP contribution in [0, 0.1) is 6.92 Å². The van der Waals surface area contributed by atoms with Crippen LogP contribution in [0.4, 0.5) is 11.5 Å². The van der Waals surface area contributed by atoms with Crippen LogP contribution in [0.3, 0.4) is 0 Å². The van der Waals surface area contributed by atoms with Gasteiger partial charge in [0, 0.05) is 4.47 Å². The van der Waals surface area contributed by atoms with Crippen LogP contribution >= 0.6 is 27.5 Å². The Morgan fingerprint density at radius 1 is 1.30 bits per heavy atom. The van der Waals surface area contributed by atoms with Crippen LogP contribution in [0.25, 0.3) is 0 Å². The number of rotatable bonds is 3. The molecule has 2 rings (SSSR count). The zero-order chi connectivity index (χ0) is 14.9. The number of aromatic nitrogens is 1. The Balaban J connectivity index is 2.35. The molecular formula is C12H11BrClN3O2S. The summed E-state index contributed by atoms with van der Waals surface area (Å²) < 4.78 is 27.6.